The Hall–Kier alpha value is -2.38. The fraction of sp³-hybridized carbons (Fsp3) is 0.381. The van der Waals surface area contributed by atoms with Crippen LogP contribution in [-0.2, 0) is 17.1 Å². The van der Waals surface area contributed by atoms with Crippen molar-refractivity contribution in [2.24, 2.45) is 0 Å². The van der Waals surface area contributed by atoms with Crippen molar-refractivity contribution in [1.29, 1.82) is 0 Å². The minimum atomic E-state index is -0.366. The lowest BCUT2D eigenvalue weighted by Crippen LogP contribution is -2.50. The summed E-state index contributed by atoms with van der Waals surface area (Å²) >= 11 is 1.67. The molecule has 1 saturated heterocycles. The highest BCUT2D eigenvalue weighted by Gasteiger charge is 2.25. The molecule has 0 aliphatic carbocycles. The van der Waals surface area contributed by atoms with Gasteiger partial charge in [-0.25, -0.2) is 0 Å². The molecule has 1 heterocycles. The quantitative estimate of drug-likeness (QED) is 0.526. The molecule has 148 valence electrons. The van der Waals surface area contributed by atoms with E-state index in [1.165, 1.54) is 11.6 Å². The average Bonchev–Trinajstić information content (AvgIpc) is 2.73. The second-order valence-electron chi connectivity index (χ2n) is 6.97. The first-order valence-corrected chi connectivity index (χ1v) is 10.5. The highest BCUT2D eigenvalue weighted by atomic mass is 32.2. The van der Waals surface area contributed by atoms with Gasteiger partial charge in [0, 0.05) is 50.6 Å². The molecule has 0 spiro atoms. The number of carbonyl (C=O) groups excluding carboxylic acids is 1. The third-order valence-corrected chi connectivity index (χ3v) is 6.10. The van der Waals surface area contributed by atoms with Crippen LogP contribution in [0.1, 0.15) is 18.1 Å². The first-order chi connectivity index (χ1) is 13.5. The molecule has 0 saturated carbocycles. The van der Waals surface area contributed by atoms with Crippen molar-refractivity contribution < 1.29 is 9.72 Å². The van der Waals surface area contributed by atoms with Crippen molar-refractivity contribution in [3.8, 4) is 0 Å². The minimum Gasteiger partial charge on any atom is -0.339 e. The monoisotopic (exact) mass is 399 g/mol. The van der Waals surface area contributed by atoms with Gasteiger partial charge in [0.1, 0.15) is 0 Å². The topological polar surface area (TPSA) is 66.7 Å². The van der Waals surface area contributed by atoms with Gasteiger partial charge >= 0.3 is 0 Å². The predicted octanol–water partition coefficient (Wildman–Crippen LogP) is 3.56. The van der Waals surface area contributed by atoms with Gasteiger partial charge in [-0.2, -0.15) is 0 Å². The average molecular weight is 400 g/mol. The molecular formula is C21H25N3O3S. The zero-order valence-corrected chi connectivity index (χ0v) is 16.8. The molecule has 6 nitrogen and oxygen atoms in total. The fourth-order valence-electron chi connectivity index (χ4n) is 3.28. The van der Waals surface area contributed by atoms with E-state index in [9.17, 15) is 14.9 Å². The minimum absolute atomic E-state index is 0.0662. The normalized spacial score (nSPS) is 16.0. The summed E-state index contributed by atoms with van der Waals surface area (Å²) in [4.78, 5) is 27.4. The van der Waals surface area contributed by atoms with Gasteiger partial charge in [0.05, 0.1) is 10.2 Å². The van der Waals surface area contributed by atoms with Crippen molar-refractivity contribution >= 4 is 23.4 Å². The van der Waals surface area contributed by atoms with Gasteiger partial charge in [0.25, 0.3) is 5.69 Å². The maximum Gasteiger partial charge on any atom is 0.269 e. The van der Waals surface area contributed by atoms with Gasteiger partial charge in [-0.15, -0.1) is 11.8 Å². The number of amides is 1. The van der Waals surface area contributed by atoms with Crippen LogP contribution in [0.15, 0.2) is 54.6 Å². The van der Waals surface area contributed by atoms with Gasteiger partial charge in [0.15, 0.2) is 0 Å². The summed E-state index contributed by atoms with van der Waals surface area (Å²) in [6, 6.07) is 17.0. The van der Waals surface area contributed by atoms with E-state index in [1.54, 1.807) is 23.9 Å². The molecular weight excluding hydrogens is 374 g/mol. The van der Waals surface area contributed by atoms with Gasteiger partial charge in [-0.1, -0.05) is 42.5 Å². The van der Waals surface area contributed by atoms with Gasteiger partial charge < -0.3 is 4.90 Å². The number of thioether (sulfide) groups is 1. The lowest BCUT2D eigenvalue weighted by atomic mass is 10.1. The number of rotatable bonds is 7. The van der Waals surface area contributed by atoms with Gasteiger partial charge in [-0.05, 0) is 18.1 Å². The smallest absolute Gasteiger partial charge is 0.269 e. The second-order valence-corrected chi connectivity index (χ2v) is 8.30. The third kappa shape index (κ3) is 5.56. The van der Waals surface area contributed by atoms with Crippen LogP contribution in [-0.4, -0.2) is 52.1 Å². The number of carbonyl (C=O) groups is 1. The number of non-ortho nitro benzene ring substituents is 1. The molecule has 2 aromatic carbocycles. The molecule has 1 unspecified atom stereocenters. The lowest BCUT2D eigenvalue weighted by Gasteiger charge is -2.35. The van der Waals surface area contributed by atoms with E-state index in [0.29, 0.717) is 19.6 Å². The van der Waals surface area contributed by atoms with Crippen LogP contribution in [0.5, 0.6) is 0 Å². The summed E-state index contributed by atoms with van der Waals surface area (Å²) in [6.07, 6.45) is 0. The summed E-state index contributed by atoms with van der Waals surface area (Å²) in [5.74, 6) is 1.02. The van der Waals surface area contributed by atoms with Gasteiger partial charge in [0.2, 0.25) is 5.91 Å². The predicted molar refractivity (Wildman–Crippen MR) is 112 cm³/mol. The molecule has 0 bridgehead atoms. The number of hydrogen-bond donors (Lipinski definition) is 0. The largest absolute Gasteiger partial charge is 0.339 e. The molecule has 1 amide bonds. The molecule has 2 aromatic rings. The Bertz CT molecular complexity index is 808. The molecule has 7 heteroatoms. The number of nitrogens with zero attached hydrogens (tertiary/aromatic N) is 3. The van der Waals surface area contributed by atoms with Crippen molar-refractivity contribution in [2.45, 2.75) is 24.5 Å². The van der Waals surface area contributed by atoms with Crippen LogP contribution in [0.25, 0.3) is 0 Å². The van der Waals surface area contributed by atoms with Crippen LogP contribution in [0.4, 0.5) is 5.69 Å². The Morgan fingerprint density at radius 2 is 1.75 bits per heavy atom. The SMILES string of the molecule is CC(SCc1ccccc1)C(=O)N1CCN(Cc2cccc([N+](=O)[O-])c2)CC1. The Labute approximate surface area is 169 Å². The number of hydrogen-bond acceptors (Lipinski definition) is 5. The van der Waals surface area contributed by atoms with E-state index >= 15 is 0 Å². The van der Waals surface area contributed by atoms with Gasteiger partial charge in [-0.3, -0.25) is 19.8 Å². The summed E-state index contributed by atoms with van der Waals surface area (Å²) in [5.41, 5.74) is 2.28. The van der Waals surface area contributed by atoms with Crippen LogP contribution in [0.2, 0.25) is 0 Å². The molecule has 1 aliphatic heterocycles. The molecule has 1 atom stereocenters. The zero-order valence-electron chi connectivity index (χ0n) is 16.0. The molecule has 0 radical (unpaired) electrons. The maximum absolute atomic E-state index is 12.7. The van der Waals surface area contributed by atoms with Crippen molar-refractivity contribution in [3.05, 3.63) is 75.8 Å². The zero-order chi connectivity index (χ0) is 19.9. The van der Waals surface area contributed by atoms with Crippen LogP contribution < -0.4 is 0 Å². The van der Waals surface area contributed by atoms with E-state index in [-0.39, 0.29) is 21.8 Å². The van der Waals surface area contributed by atoms with Crippen LogP contribution >= 0.6 is 11.8 Å². The Morgan fingerprint density at radius 1 is 1.07 bits per heavy atom. The fourth-order valence-corrected chi connectivity index (χ4v) is 4.20. The number of nitro groups is 1. The summed E-state index contributed by atoms with van der Waals surface area (Å²) in [6.45, 7) is 5.61. The molecule has 1 aliphatic rings. The number of nitro benzene ring substituents is 1. The van der Waals surface area contributed by atoms with E-state index in [1.807, 2.05) is 36.1 Å². The Kier molecular flexibility index (Phi) is 7.06. The molecule has 3 rings (SSSR count). The van der Waals surface area contributed by atoms with E-state index in [4.69, 9.17) is 0 Å². The van der Waals surface area contributed by atoms with Crippen LogP contribution in [0.3, 0.4) is 0 Å². The number of benzene rings is 2. The first-order valence-electron chi connectivity index (χ1n) is 9.43. The van der Waals surface area contributed by atoms with Crippen molar-refractivity contribution in [2.75, 3.05) is 26.2 Å². The Balaban J connectivity index is 1.46. The molecule has 28 heavy (non-hydrogen) atoms. The van der Waals surface area contributed by atoms with Crippen molar-refractivity contribution in [1.82, 2.24) is 9.80 Å². The molecule has 1 fully saturated rings. The summed E-state index contributed by atoms with van der Waals surface area (Å²) in [5, 5.41) is 10.9. The van der Waals surface area contributed by atoms with E-state index in [2.05, 4.69) is 17.0 Å². The van der Waals surface area contributed by atoms with E-state index < -0.39 is 0 Å². The Morgan fingerprint density at radius 3 is 2.43 bits per heavy atom. The maximum atomic E-state index is 12.7. The second kappa shape index (κ2) is 9.71. The molecule has 0 aromatic heterocycles. The third-order valence-electron chi connectivity index (χ3n) is 4.90. The molecule has 0 N–H and O–H groups in total. The van der Waals surface area contributed by atoms with Crippen molar-refractivity contribution in [3.63, 3.8) is 0 Å². The first kappa shape index (κ1) is 20.4. The summed E-state index contributed by atoms with van der Waals surface area (Å²) < 4.78 is 0. The van der Waals surface area contributed by atoms with E-state index in [0.717, 1.165) is 24.4 Å². The summed E-state index contributed by atoms with van der Waals surface area (Å²) in [7, 11) is 0. The van der Waals surface area contributed by atoms with Crippen LogP contribution in [0, 0.1) is 10.1 Å². The number of piperazine rings is 1. The highest BCUT2D eigenvalue weighted by Crippen LogP contribution is 2.21. The lowest BCUT2D eigenvalue weighted by molar-refractivity contribution is -0.384. The highest BCUT2D eigenvalue weighted by molar-refractivity contribution is 7.99. The standard InChI is InChI=1S/C21H25N3O3S/c1-17(28-16-18-6-3-2-4-7-18)21(25)23-12-10-22(11-13-23)15-19-8-5-9-20(14-19)24(26)27/h2-9,14,17H,10-13,15-16H2,1H3.